The van der Waals surface area contributed by atoms with E-state index >= 15 is 0 Å². The third-order valence-corrected chi connectivity index (χ3v) is 5.25. The Balaban J connectivity index is 1.60. The van der Waals surface area contributed by atoms with Crippen molar-refractivity contribution in [3.8, 4) is 5.75 Å². The van der Waals surface area contributed by atoms with Crippen LogP contribution in [0.3, 0.4) is 0 Å². The molecule has 1 aliphatic heterocycles. The molecule has 142 valence electrons. The minimum Gasteiger partial charge on any atom is -0.422 e. The van der Waals surface area contributed by atoms with E-state index in [-0.39, 0.29) is 24.3 Å². The van der Waals surface area contributed by atoms with Crippen LogP contribution in [0.25, 0.3) is 0 Å². The molecule has 4 rings (SSSR count). The van der Waals surface area contributed by atoms with Crippen LogP contribution in [0.4, 0.5) is 0 Å². The topological polar surface area (TPSA) is 38.8 Å². The van der Waals surface area contributed by atoms with Gasteiger partial charge in [-0.15, -0.1) is 0 Å². The summed E-state index contributed by atoms with van der Waals surface area (Å²) < 4.78 is 12.1. The zero-order valence-corrected chi connectivity index (χ0v) is 16.0. The number of esters is 1. The standard InChI is InChI=1S/C24H23NO3/c1-17-22(18-11-5-3-6-12-18)28-23(25(17)2)20-15-9-10-16-21(20)27-24(26)19-13-7-4-8-14-19/h3-17,22-23H,1-2H3. The van der Waals surface area contributed by atoms with Crippen LogP contribution in [0.1, 0.15) is 40.7 Å². The highest BCUT2D eigenvalue weighted by molar-refractivity contribution is 5.91. The smallest absolute Gasteiger partial charge is 0.343 e. The van der Waals surface area contributed by atoms with Crippen LogP contribution in [0.2, 0.25) is 0 Å². The van der Waals surface area contributed by atoms with Gasteiger partial charge in [-0.2, -0.15) is 0 Å². The second-order valence-corrected chi connectivity index (χ2v) is 7.02. The Morgan fingerprint density at radius 3 is 2.21 bits per heavy atom. The van der Waals surface area contributed by atoms with Crippen molar-refractivity contribution in [3.63, 3.8) is 0 Å². The van der Waals surface area contributed by atoms with Crippen LogP contribution in [0, 0.1) is 0 Å². The maximum atomic E-state index is 12.5. The molecule has 1 fully saturated rings. The van der Waals surface area contributed by atoms with Gasteiger partial charge in [0, 0.05) is 11.6 Å². The van der Waals surface area contributed by atoms with Crippen molar-refractivity contribution < 1.29 is 14.3 Å². The summed E-state index contributed by atoms with van der Waals surface area (Å²) >= 11 is 0. The summed E-state index contributed by atoms with van der Waals surface area (Å²) in [5, 5.41) is 0. The first-order valence-electron chi connectivity index (χ1n) is 9.43. The lowest BCUT2D eigenvalue weighted by Gasteiger charge is -2.23. The van der Waals surface area contributed by atoms with Gasteiger partial charge in [0.1, 0.15) is 18.1 Å². The molecule has 4 heteroatoms. The molecule has 3 aromatic rings. The van der Waals surface area contributed by atoms with E-state index in [1.807, 2.05) is 67.7 Å². The molecule has 0 spiro atoms. The zero-order valence-electron chi connectivity index (χ0n) is 16.0. The van der Waals surface area contributed by atoms with E-state index in [0.29, 0.717) is 11.3 Å². The fourth-order valence-corrected chi connectivity index (χ4v) is 3.58. The summed E-state index contributed by atoms with van der Waals surface area (Å²) in [6, 6.07) is 27.0. The Kier molecular flexibility index (Phi) is 5.24. The number of para-hydroxylation sites is 1. The van der Waals surface area contributed by atoms with Crippen LogP contribution in [-0.2, 0) is 4.74 Å². The lowest BCUT2D eigenvalue weighted by atomic mass is 10.0. The second kappa shape index (κ2) is 7.97. The van der Waals surface area contributed by atoms with Gasteiger partial charge in [-0.1, -0.05) is 66.7 Å². The predicted molar refractivity (Wildman–Crippen MR) is 108 cm³/mol. The third-order valence-electron chi connectivity index (χ3n) is 5.25. The third kappa shape index (κ3) is 3.57. The van der Waals surface area contributed by atoms with Gasteiger partial charge >= 0.3 is 5.97 Å². The van der Waals surface area contributed by atoms with Crippen molar-refractivity contribution in [2.45, 2.75) is 25.3 Å². The highest BCUT2D eigenvalue weighted by atomic mass is 16.5. The van der Waals surface area contributed by atoms with E-state index in [1.54, 1.807) is 12.1 Å². The molecule has 0 amide bonds. The van der Waals surface area contributed by atoms with Crippen LogP contribution >= 0.6 is 0 Å². The molecule has 0 aliphatic carbocycles. The molecular formula is C24H23NO3. The number of ether oxygens (including phenoxy) is 2. The Morgan fingerprint density at radius 1 is 0.893 bits per heavy atom. The number of carbonyl (C=O) groups excluding carboxylic acids is 1. The summed E-state index contributed by atoms with van der Waals surface area (Å²) in [5.41, 5.74) is 2.51. The van der Waals surface area contributed by atoms with Crippen molar-refractivity contribution in [2.24, 2.45) is 0 Å². The summed E-state index contributed by atoms with van der Waals surface area (Å²) in [5.74, 6) is 0.149. The maximum absolute atomic E-state index is 12.5. The van der Waals surface area contributed by atoms with Crippen LogP contribution in [-0.4, -0.2) is 24.0 Å². The summed E-state index contributed by atoms with van der Waals surface area (Å²) in [6.07, 6.45) is -0.339. The van der Waals surface area contributed by atoms with E-state index in [4.69, 9.17) is 9.47 Å². The van der Waals surface area contributed by atoms with Crippen molar-refractivity contribution in [2.75, 3.05) is 7.05 Å². The first kappa shape index (κ1) is 18.4. The predicted octanol–water partition coefficient (Wildman–Crippen LogP) is 5.00. The summed E-state index contributed by atoms with van der Waals surface area (Å²) in [4.78, 5) is 14.7. The molecule has 1 saturated heterocycles. The fourth-order valence-electron chi connectivity index (χ4n) is 3.58. The van der Waals surface area contributed by atoms with Crippen LogP contribution in [0.15, 0.2) is 84.9 Å². The number of hydrogen-bond donors (Lipinski definition) is 0. The normalized spacial score (nSPS) is 22.1. The van der Waals surface area contributed by atoms with Crippen molar-refractivity contribution in [3.05, 3.63) is 102 Å². The number of rotatable bonds is 4. The molecule has 3 atom stereocenters. The average Bonchev–Trinajstić information content (AvgIpc) is 3.04. The number of carbonyl (C=O) groups is 1. The minimum atomic E-state index is -0.374. The molecule has 0 N–H and O–H groups in total. The lowest BCUT2D eigenvalue weighted by molar-refractivity contribution is 0.00396. The van der Waals surface area contributed by atoms with Gasteiger partial charge in [-0.05, 0) is 37.7 Å². The first-order chi connectivity index (χ1) is 13.6. The Morgan fingerprint density at radius 2 is 1.50 bits per heavy atom. The average molecular weight is 373 g/mol. The van der Waals surface area contributed by atoms with Gasteiger partial charge < -0.3 is 9.47 Å². The number of nitrogens with zero attached hydrogens (tertiary/aromatic N) is 1. The molecule has 1 heterocycles. The highest BCUT2D eigenvalue weighted by Crippen LogP contribution is 2.43. The molecule has 4 nitrogen and oxygen atoms in total. The van der Waals surface area contributed by atoms with Gasteiger partial charge in [-0.25, -0.2) is 4.79 Å². The molecule has 3 aromatic carbocycles. The monoisotopic (exact) mass is 373 g/mol. The van der Waals surface area contributed by atoms with E-state index in [2.05, 4.69) is 24.0 Å². The second-order valence-electron chi connectivity index (χ2n) is 7.02. The SMILES string of the molecule is CC1C(c2ccccc2)OC(c2ccccc2OC(=O)c2ccccc2)N1C. The number of benzene rings is 3. The molecule has 28 heavy (non-hydrogen) atoms. The number of likely N-dealkylation sites (N-methyl/N-ethyl adjacent to an activating group) is 1. The Bertz CT molecular complexity index is 942. The summed E-state index contributed by atoms with van der Waals surface area (Å²) in [7, 11) is 2.04. The van der Waals surface area contributed by atoms with Gasteiger partial charge in [0.25, 0.3) is 0 Å². The van der Waals surface area contributed by atoms with E-state index in [1.165, 1.54) is 0 Å². The molecule has 1 aliphatic rings. The van der Waals surface area contributed by atoms with Gasteiger partial charge in [0.05, 0.1) is 5.56 Å². The fraction of sp³-hybridized carbons (Fsp3) is 0.208. The Hall–Kier alpha value is -2.95. The van der Waals surface area contributed by atoms with Crippen molar-refractivity contribution in [1.82, 2.24) is 4.90 Å². The van der Waals surface area contributed by atoms with Crippen LogP contribution < -0.4 is 4.74 Å². The molecule has 0 aromatic heterocycles. The van der Waals surface area contributed by atoms with E-state index in [9.17, 15) is 4.79 Å². The lowest BCUT2D eigenvalue weighted by Crippen LogP contribution is -2.27. The van der Waals surface area contributed by atoms with Crippen LogP contribution in [0.5, 0.6) is 5.75 Å². The van der Waals surface area contributed by atoms with Crippen molar-refractivity contribution >= 4 is 5.97 Å². The molecule has 3 unspecified atom stereocenters. The zero-order chi connectivity index (χ0) is 19.5. The van der Waals surface area contributed by atoms with Crippen molar-refractivity contribution in [1.29, 1.82) is 0 Å². The first-order valence-corrected chi connectivity index (χ1v) is 9.43. The molecule has 0 bridgehead atoms. The minimum absolute atomic E-state index is 0.0471. The summed E-state index contributed by atoms with van der Waals surface area (Å²) in [6.45, 7) is 2.15. The molecular weight excluding hydrogens is 350 g/mol. The maximum Gasteiger partial charge on any atom is 0.343 e. The van der Waals surface area contributed by atoms with Gasteiger partial charge in [-0.3, -0.25) is 4.90 Å². The van der Waals surface area contributed by atoms with Gasteiger partial charge in [0.15, 0.2) is 0 Å². The largest absolute Gasteiger partial charge is 0.422 e. The van der Waals surface area contributed by atoms with E-state index < -0.39 is 0 Å². The molecule has 0 saturated carbocycles. The quantitative estimate of drug-likeness (QED) is 0.477. The molecule has 0 radical (unpaired) electrons. The Labute approximate surface area is 165 Å². The number of hydrogen-bond acceptors (Lipinski definition) is 4. The van der Waals surface area contributed by atoms with E-state index in [0.717, 1.165) is 11.1 Å². The van der Waals surface area contributed by atoms with Gasteiger partial charge in [0.2, 0.25) is 0 Å². The highest BCUT2D eigenvalue weighted by Gasteiger charge is 2.40.